The molecule has 60 heavy (non-hydrogen) atoms. The molecule has 324 valence electrons. The van der Waals surface area contributed by atoms with Crippen LogP contribution in [-0.2, 0) is 35.0 Å². The smallest absolute Gasteiger partial charge is 0.409 e. The largest absolute Gasteiger partial charge is 0.495 e. The number of fused-ring (bicyclic) bond motifs is 5. The summed E-state index contributed by atoms with van der Waals surface area (Å²) < 4.78 is 29.3. The molecule has 3 heterocycles. The number of halogens is 1. The van der Waals surface area contributed by atoms with Gasteiger partial charge in [-0.3, -0.25) is 30.0 Å². The van der Waals surface area contributed by atoms with Crippen molar-refractivity contribution in [3.63, 3.8) is 0 Å². The van der Waals surface area contributed by atoms with Crippen LogP contribution < -0.4 is 15.0 Å². The van der Waals surface area contributed by atoms with E-state index in [0.29, 0.717) is 17.9 Å². The topological polar surface area (TPSA) is 212 Å². The highest BCUT2D eigenvalue weighted by Gasteiger charge is 2.64. The number of carbonyl (C=O) groups excluding carboxylic acids is 4. The van der Waals surface area contributed by atoms with Gasteiger partial charge >= 0.3 is 12.1 Å². The number of amides is 3. The fourth-order valence-corrected chi connectivity index (χ4v) is 8.04. The normalized spacial score (nSPS) is 29.0. The number of rotatable bonds is 8. The summed E-state index contributed by atoms with van der Waals surface area (Å²) in [5.41, 5.74) is -1.16. The first-order valence-corrected chi connectivity index (χ1v) is 19.7. The molecule has 2 N–H and O–H groups in total. The zero-order valence-corrected chi connectivity index (χ0v) is 36.1. The Bertz CT molecular complexity index is 2140. The van der Waals surface area contributed by atoms with E-state index >= 15 is 0 Å². The number of aliphatic hydroxyl groups is 1. The Morgan fingerprint density at radius 2 is 1.93 bits per heavy atom. The first-order valence-electron chi connectivity index (χ1n) is 19.3. The van der Waals surface area contributed by atoms with E-state index < -0.39 is 82.9 Å². The van der Waals surface area contributed by atoms with Crippen LogP contribution in [0.5, 0.6) is 5.75 Å². The Kier molecular flexibility index (Phi) is 13.8. The van der Waals surface area contributed by atoms with Gasteiger partial charge in [0.2, 0.25) is 5.91 Å². The summed E-state index contributed by atoms with van der Waals surface area (Å²) in [5, 5.41) is 26.1. The predicted octanol–water partition coefficient (Wildman–Crippen LogP) is 5.77. The van der Waals surface area contributed by atoms with Crippen LogP contribution in [0.2, 0.25) is 5.02 Å². The summed E-state index contributed by atoms with van der Waals surface area (Å²) in [6.45, 7) is 9.85. The molecule has 4 bridgehead atoms. The molecule has 3 aliphatic rings. The van der Waals surface area contributed by atoms with Gasteiger partial charge in [-0.05, 0) is 64.8 Å². The van der Waals surface area contributed by atoms with Crippen LogP contribution in [0.3, 0.4) is 0 Å². The summed E-state index contributed by atoms with van der Waals surface area (Å²) >= 11 is 6.78. The van der Waals surface area contributed by atoms with Crippen molar-refractivity contribution in [2.24, 2.45) is 10.9 Å². The number of alkyl carbamates (subject to hydrolysis) is 1. The van der Waals surface area contributed by atoms with Crippen molar-refractivity contribution in [1.82, 2.24) is 10.2 Å². The van der Waals surface area contributed by atoms with E-state index in [2.05, 4.69) is 10.3 Å². The molecule has 0 saturated carbocycles. The fourth-order valence-electron chi connectivity index (χ4n) is 7.72. The maximum atomic E-state index is 14.3. The maximum Gasteiger partial charge on any atom is 0.409 e. The van der Waals surface area contributed by atoms with Crippen molar-refractivity contribution in [1.29, 1.82) is 0 Å². The molecule has 0 spiro atoms. The Morgan fingerprint density at radius 3 is 2.57 bits per heavy atom. The van der Waals surface area contributed by atoms with E-state index in [-0.39, 0.29) is 33.9 Å². The zero-order valence-electron chi connectivity index (χ0n) is 35.3. The number of methoxy groups -OCH3 is 2. The minimum atomic E-state index is -1.88. The van der Waals surface area contributed by atoms with Gasteiger partial charge in [-0.1, -0.05) is 42.3 Å². The molecule has 0 unspecified atom stereocenters. The molecule has 2 aromatic rings. The number of benzene rings is 2. The van der Waals surface area contributed by atoms with Gasteiger partial charge in [0.1, 0.15) is 40.7 Å². The average Bonchev–Trinajstić information content (AvgIpc) is 3.90. The lowest BCUT2D eigenvalue weighted by Gasteiger charge is -2.42. The Labute approximate surface area is 353 Å². The predicted molar refractivity (Wildman–Crippen MR) is 222 cm³/mol. The Hall–Kier alpha value is -5.36. The summed E-state index contributed by atoms with van der Waals surface area (Å²) in [5.74, 6) is -2.32. The minimum Gasteiger partial charge on any atom is -0.495 e. The highest BCUT2D eigenvalue weighted by molar-refractivity contribution is 6.35. The van der Waals surface area contributed by atoms with Crippen LogP contribution in [0.4, 0.5) is 21.9 Å². The van der Waals surface area contributed by atoms with E-state index in [4.69, 9.17) is 35.3 Å². The van der Waals surface area contributed by atoms with Crippen LogP contribution in [0, 0.1) is 23.0 Å². The number of carbonyl (C=O) groups is 4. The lowest BCUT2D eigenvalue weighted by Crippen LogP contribution is -2.63. The lowest BCUT2D eigenvalue weighted by atomic mass is 9.83. The number of hydrogen-bond acceptors (Lipinski definition) is 13. The van der Waals surface area contributed by atoms with Crippen molar-refractivity contribution in [2.75, 3.05) is 33.2 Å². The minimum absolute atomic E-state index is 0.0244. The molecule has 17 nitrogen and oxygen atoms in total. The van der Waals surface area contributed by atoms with Crippen molar-refractivity contribution in [3.05, 3.63) is 79.9 Å². The molecule has 0 radical (unpaired) electrons. The van der Waals surface area contributed by atoms with Crippen LogP contribution >= 0.6 is 11.6 Å². The van der Waals surface area contributed by atoms with E-state index in [1.54, 1.807) is 45.1 Å². The fraction of sp³-hybridized carbons (Fsp3) is 0.500. The number of epoxide rings is 1. The molecular weight excluding hydrogens is 802 g/mol. The Morgan fingerprint density at radius 1 is 1.23 bits per heavy atom. The molecule has 0 aliphatic carbocycles. The summed E-state index contributed by atoms with van der Waals surface area (Å²) in [7, 11) is 5.78. The quantitative estimate of drug-likeness (QED) is 0.107. The third-order valence-corrected chi connectivity index (χ3v) is 11.9. The molecule has 2 saturated heterocycles. The number of aliphatic imine (C=N–C) groups is 1. The van der Waals surface area contributed by atoms with Crippen LogP contribution in [0.25, 0.3) is 0 Å². The number of ether oxygens (including phenoxy) is 5. The van der Waals surface area contributed by atoms with Crippen molar-refractivity contribution < 1.29 is 52.9 Å². The third-order valence-electron chi connectivity index (χ3n) is 11.5. The first kappa shape index (κ1) is 45.7. The van der Waals surface area contributed by atoms with Gasteiger partial charge < -0.3 is 38.6 Å². The van der Waals surface area contributed by atoms with Crippen molar-refractivity contribution >= 4 is 58.8 Å². The van der Waals surface area contributed by atoms with Crippen LogP contribution in [0.15, 0.2) is 53.1 Å². The van der Waals surface area contributed by atoms with E-state index in [0.717, 1.165) is 16.0 Å². The standard InChI is InChI=1S/C42H52ClN5O12/c1-11-44-36-23(3)28(48(54)55)16-15-27(36)38(50)46(7)25(5)39(51)59-33-20-34(49)47(8)29-18-26(19-30(56-9)35(29)43)17-22(2)13-12-14-32(57-10)42(53)21-31(58-40(52)45-42)24(4)37-41(33,6)60-37/h11-16,18-19,24-25,31-33,37,53H,17,20-21H2,1-10H3,(H,45,52)/b14-12+,22-13+,44-11-/t24-,25+,31+,32-,33+,37+,41+,42+/m1/s1. The molecule has 3 aliphatic heterocycles. The summed E-state index contributed by atoms with van der Waals surface area (Å²) in [6.07, 6.45) is 1.71. The van der Waals surface area contributed by atoms with E-state index in [9.17, 15) is 34.4 Å². The summed E-state index contributed by atoms with van der Waals surface area (Å²) in [4.78, 5) is 73.0. The van der Waals surface area contributed by atoms with E-state index in [1.165, 1.54) is 65.4 Å². The molecule has 3 amide bonds. The van der Waals surface area contributed by atoms with Gasteiger partial charge in [-0.2, -0.15) is 0 Å². The number of nitro groups is 1. The van der Waals surface area contributed by atoms with E-state index in [1.807, 2.05) is 13.0 Å². The number of anilines is 1. The Balaban J connectivity index is 1.53. The van der Waals surface area contributed by atoms with Crippen LogP contribution in [-0.4, -0.2) is 115 Å². The first-order chi connectivity index (χ1) is 28.2. The number of esters is 1. The summed E-state index contributed by atoms with van der Waals surface area (Å²) in [6, 6.07) is 4.77. The average molecular weight is 854 g/mol. The monoisotopic (exact) mass is 853 g/mol. The van der Waals surface area contributed by atoms with Crippen molar-refractivity contribution in [2.45, 2.75) is 103 Å². The second-order valence-electron chi connectivity index (χ2n) is 15.6. The maximum absolute atomic E-state index is 14.3. The lowest BCUT2D eigenvalue weighted by molar-refractivity contribution is -0.385. The van der Waals surface area contributed by atoms with Crippen LogP contribution in [0.1, 0.15) is 68.9 Å². The number of allylic oxidation sites excluding steroid dienone is 3. The molecule has 0 aromatic heterocycles. The van der Waals surface area contributed by atoms with Gasteiger partial charge in [0.15, 0.2) is 5.72 Å². The SMILES string of the molecule is C/C=N\c1c(C(=O)N(C)[C@@H](C)C(=O)O[C@H]2CC(=O)N(C)c3cc(cc(OC)c3Cl)C/C(C)=C/C=C/[C@@H](OC)[C@@]3(O)C[C@H](OC(=O)N3)[C@@H](C)[C@@H]3O[C@@]23C)ccc([N+](=O)[O-])c1C. The highest BCUT2D eigenvalue weighted by Crippen LogP contribution is 2.49. The molecule has 5 rings (SSSR count). The molecule has 18 heteroatoms. The number of hydrogen-bond donors (Lipinski definition) is 2. The number of nitrogens with one attached hydrogen (secondary N) is 1. The highest BCUT2D eigenvalue weighted by atomic mass is 35.5. The van der Waals surface area contributed by atoms with Gasteiger partial charge in [-0.25, -0.2) is 9.59 Å². The zero-order chi connectivity index (χ0) is 44.4. The molecule has 2 aromatic carbocycles. The second-order valence-corrected chi connectivity index (χ2v) is 15.9. The molecule has 2 fully saturated rings. The van der Waals surface area contributed by atoms with Gasteiger partial charge in [-0.15, -0.1) is 0 Å². The second kappa shape index (κ2) is 18.1. The number of likely N-dealkylation sites (N-methyl/N-ethyl adjacent to an activating group) is 1. The third kappa shape index (κ3) is 9.18. The number of nitrogens with zero attached hydrogens (tertiary/aromatic N) is 4. The molecule has 8 atom stereocenters. The van der Waals surface area contributed by atoms with Gasteiger partial charge in [0.25, 0.3) is 11.6 Å². The van der Waals surface area contributed by atoms with Crippen molar-refractivity contribution in [3.8, 4) is 5.75 Å². The molecular formula is C42H52ClN5O12. The van der Waals surface area contributed by atoms with Gasteiger partial charge in [0, 0.05) is 45.8 Å². The number of nitro benzene ring substituents is 1. The van der Waals surface area contributed by atoms with Gasteiger partial charge in [0.05, 0.1) is 47.1 Å².